The Morgan fingerprint density at radius 3 is 2.42 bits per heavy atom. The number of nitrogens with zero attached hydrogens (tertiary/aromatic N) is 6. The molecule has 13 heteroatoms. The Hall–Kier alpha value is -2.41. The van der Waals surface area contributed by atoms with Crippen LogP contribution in [0.25, 0.3) is 11.2 Å². The Kier molecular flexibility index (Phi) is 5.00. The number of hydrogen-bond acceptors (Lipinski definition) is 9. The molecule has 0 bridgehead atoms. The smallest absolute Gasteiger partial charge is 0.427 e. The lowest BCUT2D eigenvalue weighted by Crippen LogP contribution is -2.36. The van der Waals surface area contributed by atoms with E-state index in [2.05, 4.69) is 52.1 Å². The highest BCUT2D eigenvalue weighted by atomic mass is 79.9. The molecular weight excluding hydrogens is 478 g/mol. The Bertz CT molecular complexity index is 964. The van der Waals surface area contributed by atoms with Crippen LogP contribution in [-0.4, -0.2) is 46.3 Å². The fourth-order valence-electron chi connectivity index (χ4n) is 2.39. The summed E-state index contributed by atoms with van der Waals surface area (Å²) < 4.78 is 18.5. The van der Waals surface area contributed by atoms with Gasteiger partial charge in [0.25, 0.3) is 5.75 Å². The maximum absolute atomic E-state index is 12.8. The quantitative estimate of drug-likeness (QED) is 0.315. The number of fused-ring (bicyclic) bond motifs is 1. The number of nitrogens with two attached hydrogens (primary N) is 1. The molecule has 0 aliphatic heterocycles. The number of rotatable bonds is 5. The number of nitrogen functional groups attached to an aromatic ring is 1. The van der Waals surface area contributed by atoms with Gasteiger partial charge in [0.1, 0.15) is 15.6 Å². The van der Waals surface area contributed by atoms with Crippen LogP contribution >= 0.6 is 31.9 Å². The number of anilines is 1. The average molecular weight is 491 g/mol. The SMILES string of the molecule is COc1c(Br)c(Cn2nnc3c(Br)nc(N)nc32)[n+]([O-])c(OC)c1OC. The van der Waals surface area contributed by atoms with Crippen molar-refractivity contribution < 1.29 is 18.9 Å². The second kappa shape index (κ2) is 7.07. The minimum atomic E-state index is -0.0534. The van der Waals surface area contributed by atoms with Crippen molar-refractivity contribution in [2.45, 2.75) is 6.54 Å². The number of pyridine rings is 1. The average Bonchev–Trinajstić information content (AvgIpc) is 3.01. The van der Waals surface area contributed by atoms with E-state index in [9.17, 15) is 5.21 Å². The van der Waals surface area contributed by atoms with Crippen molar-refractivity contribution in [1.29, 1.82) is 0 Å². The van der Waals surface area contributed by atoms with Gasteiger partial charge < -0.3 is 25.2 Å². The summed E-state index contributed by atoms with van der Waals surface area (Å²) >= 11 is 6.64. The van der Waals surface area contributed by atoms with Gasteiger partial charge in [-0.15, -0.1) is 9.83 Å². The van der Waals surface area contributed by atoms with Crippen LogP contribution in [0.4, 0.5) is 5.95 Å². The van der Waals surface area contributed by atoms with Crippen molar-refractivity contribution in [3.8, 4) is 17.4 Å². The Balaban J connectivity index is 2.20. The number of halogens is 2. The zero-order valence-corrected chi connectivity index (χ0v) is 17.0. The fourth-order valence-corrected chi connectivity index (χ4v) is 3.46. The van der Waals surface area contributed by atoms with Gasteiger partial charge in [0, 0.05) is 0 Å². The fraction of sp³-hybridized carbons (Fsp3) is 0.308. The topological polar surface area (TPSA) is 137 Å². The predicted molar refractivity (Wildman–Crippen MR) is 97.1 cm³/mol. The number of methoxy groups -OCH3 is 3. The van der Waals surface area contributed by atoms with Gasteiger partial charge >= 0.3 is 5.88 Å². The third kappa shape index (κ3) is 2.86. The molecule has 0 saturated carbocycles. The molecule has 3 aromatic heterocycles. The summed E-state index contributed by atoms with van der Waals surface area (Å²) in [6.45, 7) is 0.0141. The largest absolute Gasteiger partial charge is 0.616 e. The summed E-state index contributed by atoms with van der Waals surface area (Å²) in [5, 5.41) is 20.8. The number of hydrogen-bond donors (Lipinski definition) is 1. The summed E-state index contributed by atoms with van der Waals surface area (Å²) in [5.41, 5.74) is 6.71. The summed E-state index contributed by atoms with van der Waals surface area (Å²) in [6, 6.07) is 0. The lowest BCUT2D eigenvalue weighted by atomic mass is 10.3. The first-order chi connectivity index (χ1) is 12.4. The van der Waals surface area contributed by atoms with Crippen LogP contribution in [0.1, 0.15) is 5.69 Å². The summed E-state index contributed by atoms with van der Waals surface area (Å²) in [6.07, 6.45) is 0. The maximum atomic E-state index is 12.8. The molecule has 3 aromatic rings. The van der Waals surface area contributed by atoms with E-state index in [1.54, 1.807) is 0 Å². The van der Waals surface area contributed by atoms with E-state index >= 15 is 0 Å². The molecule has 0 atom stereocenters. The Morgan fingerprint density at radius 2 is 1.81 bits per heavy atom. The van der Waals surface area contributed by atoms with Crippen LogP contribution in [0.5, 0.6) is 17.4 Å². The standard InChI is InChI=1S/C13H13Br2N7O4/c1-24-8-6(14)5(22(23)12(26-3)9(8)25-2)4-21-11-7(19-20-21)10(15)17-13(16)18-11/h4H2,1-3H3,(H2,16,17,18). The summed E-state index contributed by atoms with van der Waals surface area (Å²) in [4.78, 5) is 8.10. The first kappa shape index (κ1) is 18.4. The summed E-state index contributed by atoms with van der Waals surface area (Å²) in [7, 11) is 4.23. The molecule has 0 amide bonds. The van der Waals surface area contributed by atoms with Crippen LogP contribution in [0, 0.1) is 5.21 Å². The Labute approximate surface area is 163 Å². The molecule has 0 unspecified atom stereocenters. The molecule has 0 aliphatic carbocycles. The van der Waals surface area contributed by atoms with Crippen LogP contribution in [0.3, 0.4) is 0 Å². The molecule has 26 heavy (non-hydrogen) atoms. The highest BCUT2D eigenvalue weighted by Gasteiger charge is 2.31. The molecule has 11 nitrogen and oxygen atoms in total. The maximum Gasteiger partial charge on any atom is 0.427 e. The zero-order chi connectivity index (χ0) is 19.0. The van der Waals surface area contributed by atoms with E-state index in [4.69, 9.17) is 19.9 Å². The molecule has 0 aliphatic rings. The van der Waals surface area contributed by atoms with Crippen LogP contribution in [-0.2, 0) is 6.54 Å². The molecule has 0 fully saturated rings. The van der Waals surface area contributed by atoms with E-state index < -0.39 is 0 Å². The van der Waals surface area contributed by atoms with Crippen LogP contribution in [0.15, 0.2) is 9.08 Å². The third-order valence-corrected chi connectivity index (χ3v) is 4.89. The minimum absolute atomic E-state index is 0.0141. The first-order valence-electron chi connectivity index (χ1n) is 7.04. The van der Waals surface area contributed by atoms with Crippen molar-refractivity contribution in [2.24, 2.45) is 0 Å². The van der Waals surface area contributed by atoms with E-state index in [1.165, 1.54) is 26.0 Å². The minimum Gasteiger partial charge on any atom is -0.616 e. The normalized spacial score (nSPS) is 11.0. The lowest BCUT2D eigenvalue weighted by Gasteiger charge is -2.16. The monoisotopic (exact) mass is 489 g/mol. The van der Waals surface area contributed by atoms with E-state index in [1.807, 2.05) is 0 Å². The van der Waals surface area contributed by atoms with E-state index in [0.717, 1.165) is 0 Å². The van der Waals surface area contributed by atoms with Gasteiger partial charge in [-0.25, -0.2) is 9.67 Å². The molecule has 3 heterocycles. The molecule has 3 rings (SSSR count). The summed E-state index contributed by atoms with van der Waals surface area (Å²) in [5.74, 6) is 0.471. The molecular formula is C13H13Br2N7O4. The molecule has 0 radical (unpaired) electrons. The third-order valence-electron chi connectivity index (χ3n) is 3.52. The highest BCUT2D eigenvalue weighted by Crippen LogP contribution is 2.41. The second-order valence-electron chi connectivity index (χ2n) is 4.92. The van der Waals surface area contributed by atoms with Crippen molar-refractivity contribution in [2.75, 3.05) is 27.1 Å². The van der Waals surface area contributed by atoms with Gasteiger partial charge in [-0.05, 0) is 31.9 Å². The number of aromatic nitrogens is 6. The van der Waals surface area contributed by atoms with Crippen molar-refractivity contribution >= 4 is 49.0 Å². The molecule has 138 valence electrons. The van der Waals surface area contributed by atoms with E-state index in [-0.39, 0.29) is 29.8 Å². The predicted octanol–water partition coefficient (Wildman–Crippen LogP) is 1.04. The first-order valence-corrected chi connectivity index (χ1v) is 8.63. The van der Waals surface area contributed by atoms with Crippen molar-refractivity contribution in [3.05, 3.63) is 20.0 Å². The van der Waals surface area contributed by atoms with E-state index in [0.29, 0.717) is 30.7 Å². The zero-order valence-electron chi connectivity index (χ0n) is 13.9. The highest BCUT2D eigenvalue weighted by molar-refractivity contribution is 9.11. The lowest BCUT2D eigenvalue weighted by molar-refractivity contribution is -0.622. The molecule has 0 spiro atoms. The van der Waals surface area contributed by atoms with Crippen LogP contribution < -0.4 is 24.7 Å². The van der Waals surface area contributed by atoms with Gasteiger partial charge in [0.15, 0.2) is 16.9 Å². The van der Waals surface area contributed by atoms with Crippen LogP contribution in [0.2, 0.25) is 0 Å². The van der Waals surface area contributed by atoms with Crippen molar-refractivity contribution in [1.82, 2.24) is 25.0 Å². The van der Waals surface area contributed by atoms with Gasteiger partial charge in [-0.2, -0.15) is 4.98 Å². The van der Waals surface area contributed by atoms with Gasteiger partial charge in [0.2, 0.25) is 11.6 Å². The molecule has 2 N–H and O–H groups in total. The van der Waals surface area contributed by atoms with Gasteiger partial charge in [-0.3, -0.25) is 0 Å². The van der Waals surface area contributed by atoms with Gasteiger partial charge in [-0.1, -0.05) is 5.21 Å². The van der Waals surface area contributed by atoms with Crippen molar-refractivity contribution in [3.63, 3.8) is 0 Å². The Morgan fingerprint density at radius 1 is 1.12 bits per heavy atom. The second-order valence-corrected chi connectivity index (χ2v) is 6.47. The van der Waals surface area contributed by atoms with Gasteiger partial charge in [0.05, 0.1) is 21.3 Å². The molecule has 0 aromatic carbocycles. The number of ether oxygens (including phenoxy) is 3. The molecule has 0 saturated heterocycles.